The fraction of sp³-hybridized carbons (Fsp3) is 0.316. The van der Waals surface area contributed by atoms with Crippen molar-refractivity contribution in [2.45, 2.75) is 20.4 Å². The summed E-state index contributed by atoms with van der Waals surface area (Å²) in [5.74, 6) is 0.548. The van der Waals surface area contributed by atoms with Gasteiger partial charge >= 0.3 is 0 Å². The maximum absolute atomic E-state index is 12.0. The van der Waals surface area contributed by atoms with Gasteiger partial charge in [0.15, 0.2) is 6.61 Å². The second-order valence-corrected chi connectivity index (χ2v) is 6.78. The number of benzene rings is 2. The number of hydrogen-bond acceptors (Lipinski definition) is 4. The van der Waals surface area contributed by atoms with Crippen LogP contribution in [0.4, 0.5) is 0 Å². The SMILES string of the molecule is CC(C)(CNC(=O)COc1ccccc1)Cn1nnc2ccccc21. The van der Waals surface area contributed by atoms with E-state index in [1.807, 2.05) is 59.3 Å². The van der Waals surface area contributed by atoms with Crippen molar-refractivity contribution in [2.24, 2.45) is 5.41 Å². The lowest BCUT2D eigenvalue weighted by Gasteiger charge is -2.25. The Morgan fingerprint density at radius 2 is 1.84 bits per heavy atom. The molecule has 3 rings (SSSR count). The Hall–Kier alpha value is -2.89. The number of nitrogens with one attached hydrogen (secondary N) is 1. The van der Waals surface area contributed by atoms with Crippen LogP contribution >= 0.6 is 0 Å². The highest BCUT2D eigenvalue weighted by molar-refractivity contribution is 5.77. The minimum Gasteiger partial charge on any atom is -0.484 e. The molecular formula is C19H22N4O2. The summed E-state index contributed by atoms with van der Waals surface area (Å²) < 4.78 is 7.33. The predicted molar refractivity (Wildman–Crippen MR) is 96.3 cm³/mol. The first kappa shape index (κ1) is 17.0. The van der Waals surface area contributed by atoms with Crippen molar-refractivity contribution < 1.29 is 9.53 Å². The Labute approximate surface area is 146 Å². The molecule has 0 saturated carbocycles. The summed E-state index contributed by atoms with van der Waals surface area (Å²) in [5, 5.41) is 11.3. The second-order valence-electron chi connectivity index (χ2n) is 6.78. The highest BCUT2D eigenvalue weighted by Crippen LogP contribution is 2.19. The van der Waals surface area contributed by atoms with Gasteiger partial charge < -0.3 is 10.1 Å². The van der Waals surface area contributed by atoms with Gasteiger partial charge in [-0.1, -0.05) is 49.4 Å². The van der Waals surface area contributed by atoms with Gasteiger partial charge in [-0.2, -0.15) is 0 Å². The Bertz CT molecular complexity index is 843. The van der Waals surface area contributed by atoms with Gasteiger partial charge in [-0.25, -0.2) is 4.68 Å². The lowest BCUT2D eigenvalue weighted by atomic mass is 9.93. The largest absolute Gasteiger partial charge is 0.484 e. The number of para-hydroxylation sites is 2. The molecule has 1 N–H and O–H groups in total. The average Bonchev–Trinajstić information content (AvgIpc) is 3.02. The van der Waals surface area contributed by atoms with Gasteiger partial charge in [0.05, 0.1) is 12.1 Å². The van der Waals surface area contributed by atoms with Crippen molar-refractivity contribution in [1.82, 2.24) is 20.3 Å². The number of amides is 1. The van der Waals surface area contributed by atoms with Crippen LogP contribution in [-0.2, 0) is 11.3 Å². The van der Waals surface area contributed by atoms with E-state index in [1.165, 1.54) is 0 Å². The van der Waals surface area contributed by atoms with Crippen molar-refractivity contribution in [3.8, 4) is 5.75 Å². The molecule has 6 heteroatoms. The molecule has 1 heterocycles. The number of rotatable bonds is 7. The van der Waals surface area contributed by atoms with E-state index in [2.05, 4.69) is 29.5 Å². The number of carbonyl (C=O) groups excluding carboxylic acids is 1. The minimum absolute atomic E-state index is 0.00630. The third-order valence-corrected chi connectivity index (χ3v) is 3.88. The van der Waals surface area contributed by atoms with Gasteiger partial charge in [-0.05, 0) is 24.3 Å². The number of nitrogens with zero attached hydrogens (tertiary/aromatic N) is 3. The monoisotopic (exact) mass is 338 g/mol. The van der Waals surface area contributed by atoms with Crippen LogP contribution in [0.5, 0.6) is 5.75 Å². The van der Waals surface area contributed by atoms with Crippen molar-refractivity contribution in [2.75, 3.05) is 13.2 Å². The molecule has 6 nitrogen and oxygen atoms in total. The van der Waals surface area contributed by atoms with Gasteiger partial charge in [0.1, 0.15) is 11.3 Å². The van der Waals surface area contributed by atoms with Crippen LogP contribution in [0.2, 0.25) is 0 Å². The molecule has 0 atom stereocenters. The maximum Gasteiger partial charge on any atom is 0.257 e. The molecule has 0 saturated heterocycles. The predicted octanol–water partition coefficient (Wildman–Crippen LogP) is 2.65. The van der Waals surface area contributed by atoms with Crippen molar-refractivity contribution >= 4 is 16.9 Å². The molecule has 0 aliphatic heterocycles. The lowest BCUT2D eigenvalue weighted by molar-refractivity contribution is -0.123. The Morgan fingerprint density at radius 1 is 1.12 bits per heavy atom. The van der Waals surface area contributed by atoms with Gasteiger partial charge in [-0.3, -0.25) is 4.79 Å². The van der Waals surface area contributed by atoms with Crippen LogP contribution in [0, 0.1) is 5.41 Å². The molecule has 130 valence electrons. The molecule has 3 aromatic rings. The van der Waals surface area contributed by atoms with Crippen LogP contribution in [0.25, 0.3) is 11.0 Å². The summed E-state index contributed by atoms with van der Waals surface area (Å²) >= 11 is 0. The van der Waals surface area contributed by atoms with E-state index in [0.717, 1.165) is 11.0 Å². The third kappa shape index (κ3) is 4.56. The van der Waals surface area contributed by atoms with E-state index in [0.29, 0.717) is 18.8 Å². The van der Waals surface area contributed by atoms with Crippen LogP contribution in [0.3, 0.4) is 0 Å². The van der Waals surface area contributed by atoms with E-state index in [-0.39, 0.29) is 17.9 Å². The number of hydrogen-bond donors (Lipinski definition) is 1. The summed E-state index contributed by atoms with van der Waals surface area (Å²) in [4.78, 5) is 12.0. The van der Waals surface area contributed by atoms with E-state index < -0.39 is 0 Å². The third-order valence-electron chi connectivity index (χ3n) is 3.88. The Kier molecular flexibility index (Phi) is 4.97. The molecule has 0 fully saturated rings. The standard InChI is InChI=1S/C19H22N4O2/c1-19(2,14-23-17-11-7-6-10-16(17)21-22-23)13-20-18(24)12-25-15-8-4-3-5-9-15/h3-11H,12-14H2,1-2H3,(H,20,24). The normalized spacial score (nSPS) is 11.4. The number of carbonyl (C=O) groups is 1. The van der Waals surface area contributed by atoms with Crippen LogP contribution in [0.1, 0.15) is 13.8 Å². The summed E-state index contributed by atoms with van der Waals surface area (Å²) in [6.07, 6.45) is 0. The zero-order valence-corrected chi connectivity index (χ0v) is 14.5. The van der Waals surface area contributed by atoms with Crippen LogP contribution < -0.4 is 10.1 Å². The topological polar surface area (TPSA) is 69.0 Å². The summed E-state index contributed by atoms with van der Waals surface area (Å²) in [6, 6.07) is 17.2. The number of ether oxygens (including phenoxy) is 1. The minimum atomic E-state index is -0.168. The first-order valence-corrected chi connectivity index (χ1v) is 8.26. The lowest BCUT2D eigenvalue weighted by Crippen LogP contribution is -2.38. The molecule has 0 bridgehead atoms. The Morgan fingerprint density at radius 3 is 2.64 bits per heavy atom. The molecule has 0 spiro atoms. The van der Waals surface area contributed by atoms with Gasteiger partial charge in [0.2, 0.25) is 0 Å². The average molecular weight is 338 g/mol. The van der Waals surface area contributed by atoms with Gasteiger partial charge in [0.25, 0.3) is 5.91 Å². The van der Waals surface area contributed by atoms with E-state index >= 15 is 0 Å². The van der Waals surface area contributed by atoms with Crippen LogP contribution in [0.15, 0.2) is 54.6 Å². The maximum atomic E-state index is 12.0. The summed E-state index contributed by atoms with van der Waals surface area (Å²) in [5.41, 5.74) is 1.70. The summed E-state index contributed by atoms with van der Waals surface area (Å²) in [7, 11) is 0. The highest BCUT2D eigenvalue weighted by atomic mass is 16.5. The molecule has 1 amide bonds. The van der Waals surface area contributed by atoms with Crippen molar-refractivity contribution in [1.29, 1.82) is 0 Å². The molecule has 0 aliphatic rings. The van der Waals surface area contributed by atoms with Crippen LogP contribution in [-0.4, -0.2) is 34.1 Å². The first-order valence-electron chi connectivity index (χ1n) is 8.26. The van der Waals surface area contributed by atoms with Gasteiger partial charge in [0, 0.05) is 12.0 Å². The molecular weight excluding hydrogens is 316 g/mol. The second kappa shape index (κ2) is 7.34. The fourth-order valence-corrected chi connectivity index (χ4v) is 2.55. The molecule has 1 aromatic heterocycles. The number of fused-ring (bicyclic) bond motifs is 1. The highest BCUT2D eigenvalue weighted by Gasteiger charge is 2.21. The zero-order chi connectivity index (χ0) is 17.7. The first-order chi connectivity index (χ1) is 12.0. The molecule has 2 aromatic carbocycles. The molecule has 0 radical (unpaired) electrons. The van der Waals surface area contributed by atoms with Crippen molar-refractivity contribution in [3.63, 3.8) is 0 Å². The quantitative estimate of drug-likeness (QED) is 0.719. The summed E-state index contributed by atoms with van der Waals surface area (Å²) in [6.45, 7) is 5.36. The number of aromatic nitrogens is 3. The molecule has 0 unspecified atom stereocenters. The van der Waals surface area contributed by atoms with Crippen molar-refractivity contribution in [3.05, 3.63) is 54.6 Å². The smallest absolute Gasteiger partial charge is 0.257 e. The van der Waals surface area contributed by atoms with E-state index in [4.69, 9.17) is 4.74 Å². The van der Waals surface area contributed by atoms with E-state index in [1.54, 1.807) is 0 Å². The van der Waals surface area contributed by atoms with E-state index in [9.17, 15) is 4.79 Å². The van der Waals surface area contributed by atoms with Gasteiger partial charge in [-0.15, -0.1) is 5.10 Å². The molecule has 0 aliphatic carbocycles. The Balaban J connectivity index is 1.52. The molecule has 25 heavy (non-hydrogen) atoms. The fourth-order valence-electron chi connectivity index (χ4n) is 2.55. The zero-order valence-electron chi connectivity index (χ0n) is 14.5.